The zero-order valence-electron chi connectivity index (χ0n) is 18.2. The average Bonchev–Trinajstić information content (AvgIpc) is 3.20. The molecule has 0 saturated heterocycles. The zero-order chi connectivity index (χ0) is 26.3. The fraction of sp³-hybridized carbons (Fsp3) is 0.208. The van der Waals surface area contributed by atoms with E-state index in [1.54, 1.807) is 0 Å². The number of thioether (sulfide) groups is 1. The molecule has 12 heteroatoms. The van der Waals surface area contributed by atoms with Crippen LogP contribution < -0.4 is 0 Å². The van der Waals surface area contributed by atoms with Crippen molar-refractivity contribution in [2.24, 2.45) is 0 Å². The summed E-state index contributed by atoms with van der Waals surface area (Å²) in [6.45, 7) is -0.439. The summed E-state index contributed by atoms with van der Waals surface area (Å²) in [5, 5.41) is 8.46. The van der Waals surface area contributed by atoms with Crippen LogP contribution >= 0.6 is 34.4 Å². The average molecular weight is 651 g/mol. The molecule has 190 valence electrons. The summed E-state index contributed by atoms with van der Waals surface area (Å²) >= 11 is 3.43. The number of rotatable bonds is 7. The molecule has 0 aliphatic carbocycles. The van der Waals surface area contributed by atoms with Gasteiger partial charge in [0.15, 0.2) is 0 Å². The van der Waals surface area contributed by atoms with E-state index in [1.165, 1.54) is 11.8 Å². The summed E-state index contributed by atoms with van der Waals surface area (Å²) in [4.78, 5) is 11.9. The predicted molar refractivity (Wildman–Crippen MR) is 135 cm³/mol. The van der Waals surface area contributed by atoms with Crippen molar-refractivity contribution in [2.45, 2.75) is 33.8 Å². The molecule has 0 aromatic heterocycles. The molecule has 0 fully saturated rings. The Balaban J connectivity index is 1.81. The SMILES string of the molecule is O=C(O)c1ccc(S(=O)(=O)N(Cc2ccc(F)c(C(F)(F)F)c2)C2Sc3ccccc3C2CI)cc1. The fourth-order valence-corrected chi connectivity index (χ4v) is 8.60. The minimum atomic E-state index is -4.94. The fourth-order valence-electron chi connectivity index (χ4n) is 3.96. The van der Waals surface area contributed by atoms with Gasteiger partial charge in [-0.25, -0.2) is 17.6 Å². The van der Waals surface area contributed by atoms with Crippen molar-refractivity contribution >= 4 is 50.3 Å². The zero-order valence-corrected chi connectivity index (χ0v) is 22.0. The minimum Gasteiger partial charge on any atom is -0.478 e. The molecular weight excluding hydrogens is 633 g/mol. The number of fused-ring (bicyclic) bond motifs is 1. The lowest BCUT2D eigenvalue weighted by Gasteiger charge is -2.31. The minimum absolute atomic E-state index is 0.0294. The van der Waals surface area contributed by atoms with Crippen molar-refractivity contribution in [3.05, 3.63) is 94.8 Å². The molecule has 0 amide bonds. The number of nitrogens with zero attached hydrogens (tertiary/aromatic N) is 1. The highest BCUT2D eigenvalue weighted by Gasteiger charge is 2.42. The maximum Gasteiger partial charge on any atom is 0.419 e. The Hall–Kier alpha value is -2.16. The number of hydrogen-bond donors (Lipinski definition) is 1. The van der Waals surface area contributed by atoms with E-state index >= 15 is 0 Å². The van der Waals surface area contributed by atoms with Crippen LogP contribution in [0.15, 0.2) is 76.5 Å². The van der Waals surface area contributed by atoms with Crippen LogP contribution in [0.5, 0.6) is 0 Å². The number of hydrogen-bond acceptors (Lipinski definition) is 4. The molecule has 1 heterocycles. The number of aromatic carboxylic acids is 1. The first-order valence-electron chi connectivity index (χ1n) is 10.5. The molecule has 0 radical (unpaired) electrons. The van der Waals surface area contributed by atoms with E-state index in [1.807, 2.05) is 24.3 Å². The summed E-state index contributed by atoms with van der Waals surface area (Å²) < 4.78 is 83.2. The molecular formula is C24H18F4INO4S2. The summed E-state index contributed by atoms with van der Waals surface area (Å²) in [5.41, 5.74) is -0.686. The smallest absolute Gasteiger partial charge is 0.419 e. The summed E-state index contributed by atoms with van der Waals surface area (Å²) in [5.74, 6) is -2.94. The first kappa shape index (κ1) is 26.9. The molecule has 0 saturated carbocycles. The van der Waals surface area contributed by atoms with Gasteiger partial charge >= 0.3 is 12.1 Å². The molecule has 1 N–H and O–H groups in total. The van der Waals surface area contributed by atoms with Crippen molar-refractivity contribution < 1.29 is 35.9 Å². The predicted octanol–water partition coefficient (Wildman–Crippen LogP) is 6.38. The lowest BCUT2D eigenvalue weighted by molar-refractivity contribution is -0.140. The van der Waals surface area contributed by atoms with E-state index in [0.717, 1.165) is 45.1 Å². The van der Waals surface area contributed by atoms with Gasteiger partial charge in [-0.1, -0.05) is 46.9 Å². The first-order chi connectivity index (χ1) is 16.9. The summed E-state index contributed by atoms with van der Waals surface area (Å²) in [6.07, 6.45) is -4.94. The maximum atomic E-state index is 13.9. The van der Waals surface area contributed by atoms with Crippen LogP contribution in [0, 0.1) is 5.82 Å². The number of carbonyl (C=O) groups is 1. The van der Waals surface area contributed by atoms with Gasteiger partial charge in [0.25, 0.3) is 0 Å². The topological polar surface area (TPSA) is 74.7 Å². The second-order valence-electron chi connectivity index (χ2n) is 8.00. The summed E-state index contributed by atoms with van der Waals surface area (Å²) in [6, 6.07) is 14.4. The highest BCUT2D eigenvalue weighted by Crippen LogP contribution is 2.49. The quantitative estimate of drug-likeness (QED) is 0.182. The Morgan fingerprint density at radius 1 is 1.06 bits per heavy atom. The third kappa shape index (κ3) is 5.27. The van der Waals surface area contributed by atoms with E-state index < -0.39 is 45.5 Å². The van der Waals surface area contributed by atoms with Crippen molar-refractivity contribution in [1.29, 1.82) is 0 Å². The number of sulfonamides is 1. The Kier molecular flexibility index (Phi) is 7.70. The molecule has 1 aliphatic heterocycles. The number of alkyl halides is 4. The monoisotopic (exact) mass is 651 g/mol. The standard InChI is InChI=1S/C24H18F4INO4S2/c25-20-10-5-14(11-19(20)24(26,27)28)13-30(22-18(12-29)17-3-1-2-4-21(17)35-22)36(33,34)16-8-6-15(7-9-16)23(31)32/h1-11,18,22H,12-13H2,(H,31,32). The van der Waals surface area contributed by atoms with Crippen LogP contribution in [0.1, 0.15) is 33.0 Å². The molecule has 36 heavy (non-hydrogen) atoms. The van der Waals surface area contributed by atoms with Crippen molar-refractivity contribution in [1.82, 2.24) is 4.31 Å². The first-order valence-corrected chi connectivity index (χ1v) is 14.3. The molecule has 3 aromatic carbocycles. The third-order valence-electron chi connectivity index (χ3n) is 5.74. The van der Waals surface area contributed by atoms with E-state index in [4.69, 9.17) is 5.11 Å². The Labute approximate surface area is 222 Å². The maximum absolute atomic E-state index is 13.9. The van der Waals surface area contributed by atoms with Gasteiger partial charge < -0.3 is 5.11 Å². The van der Waals surface area contributed by atoms with Gasteiger partial charge in [-0.2, -0.15) is 17.5 Å². The van der Waals surface area contributed by atoms with Gasteiger partial charge in [0.1, 0.15) is 5.82 Å². The van der Waals surface area contributed by atoms with Gasteiger partial charge in [0.05, 0.1) is 21.4 Å². The second kappa shape index (κ2) is 10.3. The number of benzene rings is 3. The van der Waals surface area contributed by atoms with E-state index in [9.17, 15) is 30.8 Å². The molecule has 3 aromatic rings. The van der Waals surface area contributed by atoms with Crippen molar-refractivity contribution in [3.63, 3.8) is 0 Å². The van der Waals surface area contributed by atoms with Crippen LogP contribution in [-0.4, -0.2) is 33.6 Å². The van der Waals surface area contributed by atoms with Crippen LogP contribution in [0.2, 0.25) is 0 Å². The van der Waals surface area contributed by atoms with Crippen LogP contribution in [0.25, 0.3) is 0 Å². The Bertz CT molecular complexity index is 1400. The number of carboxylic acids is 1. The lowest BCUT2D eigenvalue weighted by Crippen LogP contribution is -2.40. The molecule has 0 spiro atoms. The van der Waals surface area contributed by atoms with E-state index in [2.05, 4.69) is 22.6 Å². The van der Waals surface area contributed by atoms with Crippen molar-refractivity contribution in [3.8, 4) is 0 Å². The lowest BCUT2D eigenvalue weighted by atomic mass is 10.0. The van der Waals surface area contributed by atoms with Gasteiger partial charge in [0, 0.05) is 21.8 Å². The largest absolute Gasteiger partial charge is 0.478 e. The second-order valence-corrected chi connectivity index (χ2v) is 11.9. The Morgan fingerprint density at radius 2 is 1.72 bits per heavy atom. The third-order valence-corrected chi connectivity index (χ3v) is 10.1. The Morgan fingerprint density at radius 3 is 2.33 bits per heavy atom. The molecule has 4 rings (SSSR count). The highest BCUT2D eigenvalue weighted by atomic mass is 127. The van der Waals surface area contributed by atoms with E-state index in [-0.39, 0.29) is 21.9 Å². The number of carboxylic acid groups (broad SMARTS) is 1. The molecule has 2 unspecified atom stereocenters. The van der Waals surface area contributed by atoms with Gasteiger partial charge in [-0.05, 0) is 53.6 Å². The molecule has 2 atom stereocenters. The number of halogens is 5. The molecule has 1 aliphatic rings. The normalized spacial score (nSPS) is 17.8. The van der Waals surface area contributed by atoms with Gasteiger partial charge in [-0.15, -0.1) is 11.8 Å². The van der Waals surface area contributed by atoms with Crippen molar-refractivity contribution in [2.75, 3.05) is 4.43 Å². The highest BCUT2D eigenvalue weighted by molar-refractivity contribution is 14.1. The molecule has 5 nitrogen and oxygen atoms in total. The molecule has 0 bridgehead atoms. The van der Waals surface area contributed by atoms with E-state index in [0.29, 0.717) is 16.6 Å². The van der Waals surface area contributed by atoms with Gasteiger partial charge in [0.2, 0.25) is 10.0 Å². The van der Waals surface area contributed by atoms with Gasteiger partial charge in [-0.3, -0.25) is 0 Å². The van der Waals surface area contributed by atoms with Crippen LogP contribution in [0.4, 0.5) is 17.6 Å². The summed E-state index contributed by atoms with van der Waals surface area (Å²) in [7, 11) is -4.30. The van der Waals surface area contributed by atoms with Crippen LogP contribution in [0.3, 0.4) is 0 Å². The van der Waals surface area contributed by atoms with Crippen LogP contribution in [-0.2, 0) is 22.7 Å².